The largest absolute Gasteiger partial charge is 0.489 e. The molecule has 0 fully saturated rings. The zero-order valence-corrected chi connectivity index (χ0v) is 12.2. The van der Waals surface area contributed by atoms with E-state index in [9.17, 15) is 8.78 Å². The van der Waals surface area contributed by atoms with Crippen molar-refractivity contribution in [3.63, 3.8) is 0 Å². The lowest BCUT2D eigenvalue weighted by Crippen LogP contribution is -2.18. The Labute approximate surface area is 129 Å². The lowest BCUT2D eigenvalue weighted by atomic mass is 9.91. The van der Waals surface area contributed by atoms with E-state index >= 15 is 0 Å². The first kappa shape index (κ1) is 14.8. The number of benzene rings is 2. The van der Waals surface area contributed by atoms with E-state index in [0.717, 1.165) is 22.4 Å². The van der Waals surface area contributed by atoms with E-state index in [4.69, 9.17) is 4.74 Å². The van der Waals surface area contributed by atoms with Crippen molar-refractivity contribution in [3.8, 4) is 5.75 Å². The van der Waals surface area contributed by atoms with Crippen LogP contribution in [-0.2, 0) is 6.61 Å². The van der Waals surface area contributed by atoms with Gasteiger partial charge in [-0.15, -0.1) is 0 Å². The Hall–Kier alpha value is -2.16. The van der Waals surface area contributed by atoms with Gasteiger partial charge in [-0.3, -0.25) is 0 Å². The van der Waals surface area contributed by atoms with Crippen molar-refractivity contribution in [1.82, 2.24) is 0 Å². The number of hydrogen-bond donors (Lipinski definition) is 0. The maximum Gasteiger partial charge on any atom is 0.251 e. The van der Waals surface area contributed by atoms with Crippen LogP contribution in [-0.4, -0.2) is 5.92 Å². The second-order valence-corrected chi connectivity index (χ2v) is 5.50. The Morgan fingerprint density at radius 3 is 2.55 bits per heavy atom. The molecule has 22 heavy (non-hydrogen) atoms. The molecule has 0 N–H and O–H groups in total. The summed E-state index contributed by atoms with van der Waals surface area (Å²) in [6.45, 7) is 0.503. The van der Waals surface area contributed by atoms with Gasteiger partial charge in [-0.25, -0.2) is 8.78 Å². The first-order valence-corrected chi connectivity index (χ1v) is 7.38. The fraction of sp³-hybridized carbons (Fsp3) is 0.263. The Balaban J connectivity index is 1.62. The minimum Gasteiger partial charge on any atom is -0.489 e. The van der Waals surface area contributed by atoms with Crippen molar-refractivity contribution >= 4 is 5.57 Å². The van der Waals surface area contributed by atoms with Gasteiger partial charge < -0.3 is 4.74 Å². The van der Waals surface area contributed by atoms with Crippen molar-refractivity contribution in [3.05, 3.63) is 71.8 Å². The van der Waals surface area contributed by atoms with Gasteiger partial charge in [-0.1, -0.05) is 42.5 Å². The molecule has 0 bridgehead atoms. The zero-order valence-electron chi connectivity index (χ0n) is 12.2. The molecular formula is C19H17F2O. The number of halogens is 2. The number of alkyl halides is 2. The molecular weight excluding hydrogens is 282 g/mol. The van der Waals surface area contributed by atoms with Crippen LogP contribution >= 0.6 is 0 Å². The van der Waals surface area contributed by atoms with Crippen molar-refractivity contribution < 1.29 is 13.5 Å². The number of hydrogen-bond acceptors (Lipinski definition) is 1. The first-order chi connectivity index (χ1) is 10.6. The third-order valence-corrected chi connectivity index (χ3v) is 3.79. The predicted octanol–water partition coefficient (Wildman–Crippen LogP) is 5.27. The first-order valence-electron chi connectivity index (χ1n) is 7.38. The summed E-state index contributed by atoms with van der Waals surface area (Å²) in [6, 6.07) is 18.6. The number of allylic oxidation sites excluding steroid dienone is 2. The molecule has 0 unspecified atom stereocenters. The van der Waals surface area contributed by atoms with Crippen LogP contribution in [0.2, 0.25) is 0 Å². The topological polar surface area (TPSA) is 9.23 Å². The monoisotopic (exact) mass is 299 g/mol. The van der Waals surface area contributed by atoms with Crippen molar-refractivity contribution in [2.24, 2.45) is 0 Å². The second-order valence-electron chi connectivity index (χ2n) is 5.50. The minimum atomic E-state index is -2.55. The molecule has 0 aliphatic heterocycles. The van der Waals surface area contributed by atoms with Gasteiger partial charge >= 0.3 is 0 Å². The van der Waals surface area contributed by atoms with E-state index in [-0.39, 0.29) is 12.8 Å². The molecule has 0 saturated carbocycles. The molecule has 2 aromatic carbocycles. The SMILES string of the molecule is FC1(F)CC=C(c2[c]cc(OCc3ccccc3)cc2)CC1. The molecule has 0 saturated heterocycles. The van der Waals surface area contributed by atoms with E-state index < -0.39 is 5.92 Å². The normalized spacial score (nSPS) is 16.9. The van der Waals surface area contributed by atoms with E-state index in [1.54, 1.807) is 12.1 Å². The van der Waals surface area contributed by atoms with Crippen LogP contribution in [0.1, 0.15) is 30.4 Å². The Morgan fingerprint density at radius 1 is 1.09 bits per heavy atom. The highest BCUT2D eigenvalue weighted by Crippen LogP contribution is 2.36. The van der Waals surface area contributed by atoms with E-state index in [1.807, 2.05) is 42.5 Å². The fourth-order valence-corrected chi connectivity index (χ4v) is 2.48. The average Bonchev–Trinajstić information content (AvgIpc) is 2.55. The van der Waals surface area contributed by atoms with Gasteiger partial charge in [0.15, 0.2) is 0 Å². The summed E-state index contributed by atoms with van der Waals surface area (Å²) < 4.78 is 32.0. The van der Waals surface area contributed by atoms with Gasteiger partial charge in [-0.2, -0.15) is 0 Å². The summed E-state index contributed by atoms with van der Waals surface area (Å²) in [4.78, 5) is 0. The molecule has 0 spiro atoms. The van der Waals surface area contributed by atoms with Crippen molar-refractivity contribution in [2.45, 2.75) is 31.8 Å². The third kappa shape index (κ3) is 3.73. The maximum atomic E-state index is 13.1. The third-order valence-electron chi connectivity index (χ3n) is 3.79. The van der Waals surface area contributed by atoms with Gasteiger partial charge in [0, 0.05) is 12.8 Å². The molecule has 0 atom stereocenters. The van der Waals surface area contributed by atoms with Crippen molar-refractivity contribution in [1.29, 1.82) is 0 Å². The van der Waals surface area contributed by atoms with Gasteiger partial charge in [0.05, 0.1) is 0 Å². The second kappa shape index (κ2) is 6.30. The smallest absolute Gasteiger partial charge is 0.251 e. The van der Waals surface area contributed by atoms with Crippen LogP contribution in [0, 0.1) is 6.07 Å². The predicted molar refractivity (Wildman–Crippen MR) is 82.8 cm³/mol. The maximum absolute atomic E-state index is 13.1. The van der Waals surface area contributed by atoms with Gasteiger partial charge in [0.1, 0.15) is 12.4 Å². The average molecular weight is 299 g/mol. The summed E-state index contributed by atoms with van der Waals surface area (Å²) in [5.41, 5.74) is 2.92. The highest BCUT2D eigenvalue weighted by molar-refractivity contribution is 5.66. The number of rotatable bonds is 4. The standard InChI is InChI=1S/C19H17F2O/c20-19(21)12-10-17(11-13-19)16-6-8-18(9-7-16)22-14-15-4-2-1-3-5-15/h1-6,8-10H,11-14H2. The summed E-state index contributed by atoms with van der Waals surface area (Å²) in [5.74, 6) is -1.82. The molecule has 113 valence electrons. The summed E-state index contributed by atoms with van der Waals surface area (Å²) in [6.07, 6.45) is 1.76. The van der Waals surface area contributed by atoms with E-state index in [2.05, 4.69) is 6.07 Å². The van der Waals surface area contributed by atoms with Crippen LogP contribution < -0.4 is 4.74 Å². The molecule has 1 aliphatic carbocycles. The Bertz CT molecular complexity index is 645. The van der Waals surface area contributed by atoms with Crippen LogP contribution in [0.25, 0.3) is 5.57 Å². The molecule has 0 amide bonds. The molecule has 0 heterocycles. The summed E-state index contributed by atoms with van der Waals surface area (Å²) in [5, 5.41) is 0. The highest BCUT2D eigenvalue weighted by Gasteiger charge is 2.30. The van der Waals surface area contributed by atoms with Crippen molar-refractivity contribution in [2.75, 3.05) is 0 Å². The lowest BCUT2D eigenvalue weighted by Gasteiger charge is -2.21. The molecule has 1 aliphatic rings. The molecule has 2 aromatic rings. The summed E-state index contributed by atoms with van der Waals surface area (Å²) in [7, 11) is 0. The lowest BCUT2D eigenvalue weighted by molar-refractivity contribution is -0.00603. The Kier molecular flexibility index (Phi) is 4.23. The molecule has 1 nitrogen and oxygen atoms in total. The van der Waals surface area contributed by atoms with Crippen LogP contribution in [0.5, 0.6) is 5.75 Å². The minimum absolute atomic E-state index is 0.0844. The molecule has 3 heteroatoms. The van der Waals surface area contributed by atoms with Crippen LogP contribution in [0.3, 0.4) is 0 Å². The fourth-order valence-electron chi connectivity index (χ4n) is 2.48. The summed E-state index contributed by atoms with van der Waals surface area (Å²) >= 11 is 0. The molecule has 0 aromatic heterocycles. The van der Waals surface area contributed by atoms with Gasteiger partial charge in [0.25, 0.3) is 5.92 Å². The highest BCUT2D eigenvalue weighted by atomic mass is 19.3. The Morgan fingerprint density at radius 2 is 1.91 bits per heavy atom. The molecule has 3 rings (SSSR count). The van der Waals surface area contributed by atoms with Crippen LogP contribution in [0.15, 0.2) is 54.6 Å². The van der Waals surface area contributed by atoms with Gasteiger partial charge in [0.2, 0.25) is 0 Å². The zero-order chi connectivity index (χ0) is 15.4. The number of ether oxygens (including phenoxy) is 1. The molecule has 1 radical (unpaired) electrons. The quantitative estimate of drug-likeness (QED) is 0.747. The van der Waals surface area contributed by atoms with Gasteiger partial charge in [-0.05, 0) is 41.3 Å². The van der Waals surface area contributed by atoms with Crippen LogP contribution in [0.4, 0.5) is 8.78 Å². The van der Waals surface area contributed by atoms with E-state index in [1.165, 1.54) is 0 Å². The van der Waals surface area contributed by atoms with E-state index in [0.29, 0.717) is 13.0 Å².